The molecule has 7 nitrogen and oxygen atoms in total. The fourth-order valence-corrected chi connectivity index (χ4v) is 6.27. The van der Waals surface area contributed by atoms with E-state index >= 15 is 0 Å². The Morgan fingerprint density at radius 1 is 1.11 bits per heavy atom. The van der Waals surface area contributed by atoms with Crippen molar-refractivity contribution < 1.29 is 13.2 Å². The lowest BCUT2D eigenvalue weighted by Gasteiger charge is -2.25. The average molecular weight is 505 g/mol. The highest BCUT2D eigenvalue weighted by Crippen LogP contribution is 2.34. The normalized spacial score (nSPS) is 16.1. The minimum atomic E-state index is -3.92. The van der Waals surface area contributed by atoms with Crippen molar-refractivity contribution in [1.82, 2.24) is 14.3 Å². The monoisotopic (exact) mass is 504 g/mol. The fourth-order valence-electron chi connectivity index (χ4n) is 4.21. The maximum atomic E-state index is 13.5. The van der Waals surface area contributed by atoms with E-state index in [1.165, 1.54) is 12.1 Å². The summed E-state index contributed by atoms with van der Waals surface area (Å²) in [6.07, 6.45) is 3.75. The van der Waals surface area contributed by atoms with Crippen LogP contribution in [-0.2, 0) is 14.8 Å². The number of benzene rings is 2. The van der Waals surface area contributed by atoms with Gasteiger partial charge in [0.05, 0.1) is 28.1 Å². The van der Waals surface area contributed by atoms with E-state index in [2.05, 4.69) is 10.1 Å². The number of nitrogens with zero attached hydrogens (tertiary/aromatic N) is 4. The van der Waals surface area contributed by atoms with Crippen LogP contribution in [0.25, 0.3) is 10.8 Å². The van der Waals surface area contributed by atoms with E-state index in [0.717, 1.165) is 31.4 Å². The molecule has 178 valence electrons. The molecule has 1 amide bonds. The third-order valence-electron chi connectivity index (χ3n) is 6.12. The Hall–Kier alpha value is -3.40. The number of hydrazone groups is 1. The highest BCUT2D eigenvalue weighted by atomic mass is 32.2. The number of likely N-dealkylation sites (N-methyl/N-ethyl adjacent to an activating group) is 1. The first kappa shape index (κ1) is 23.3. The van der Waals surface area contributed by atoms with Gasteiger partial charge in [0.2, 0.25) is 10.0 Å². The first-order valence-corrected chi connectivity index (χ1v) is 13.5. The molecule has 35 heavy (non-hydrogen) atoms. The molecule has 2 aromatic heterocycles. The molecule has 1 aliphatic heterocycles. The molecular formula is C26H24N4O3S2. The van der Waals surface area contributed by atoms with Crippen LogP contribution in [0.15, 0.2) is 88.4 Å². The Morgan fingerprint density at radius 2 is 1.91 bits per heavy atom. The summed E-state index contributed by atoms with van der Waals surface area (Å²) in [5, 5.41) is 9.36. The first-order chi connectivity index (χ1) is 16.8. The van der Waals surface area contributed by atoms with Gasteiger partial charge in [0.25, 0.3) is 5.91 Å². The number of hydrogen-bond donors (Lipinski definition) is 0. The highest BCUT2D eigenvalue weighted by Gasteiger charge is 2.35. The van der Waals surface area contributed by atoms with Crippen LogP contribution in [0.1, 0.15) is 28.5 Å². The smallest absolute Gasteiger partial charge is 0.258 e. The number of sulfonamides is 1. The van der Waals surface area contributed by atoms with Crippen molar-refractivity contribution in [3.05, 3.63) is 94.4 Å². The number of amides is 1. The van der Waals surface area contributed by atoms with E-state index in [1.807, 2.05) is 54.8 Å². The van der Waals surface area contributed by atoms with Gasteiger partial charge in [-0.25, -0.2) is 13.4 Å². The van der Waals surface area contributed by atoms with Crippen LogP contribution in [-0.4, -0.2) is 47.9 Å². The molecule has 0 radical (unpaired) electrons. The Bertz CT molecular complexity index is 1510. The van der Waals surface area contributed by atoms with Crippen LogP contribution < -0.4 is 0 Å². The van der Waals surface area contributed by atoms with Crippen LogP contribution in [0, 0.1) is 6.92 Å². The standard InChI is InChI=1S/C26H24N4O3S2/c1-18-8-10-19(11-9-18)23-15-22(24-6-4-14-34-24)28-30(23)26(31)17-29(2)35(32,33)25-7-3-5-20-16-27-13-12-21(20)25/h3-14,16,23H,15,17H2,1-2H3. The van der Waals surface area contributed by atoms with Gasteiger partial charge in [-0.1, -0.05) is 48.0 Å². The Morgan fingerprint density at radius 3 is 2.66 bits per heavy atom. The lowest BCUT2D eigenvalue weighted by Crippen LogP contribution is -2.39. The zero-order valence-electron chi connectivity index (χ0n) is 19.3. The van der Waals surface area contributed by atoms with Gasteiger partial charge in [0.15, 0.2) is 0 Å². The number of carbonyl (C=O) groups is 1. The summed E-state index contributed by atoms with van der Waals surface area (Å²) < 4.78 is 28.0. The van der Waals surface area contributed by atoms with Crippen LogP contribution in [0.4, 0.5) is 0 Å². The molecule has 2 aromatic carbocycles. The molecule has 3 heterocycles. The number of pyridine rings is 1. The molecule has 1 aliphatic rings. The summed E-state index contributed by atoms with van der Waals surface area (Å²) in [5.41, 5.74) is 2.91. The molecule has 1 unspecified atom stereocenters. The van der Waals surface area contributed by atoms with Crippen molar-refractivity contribution in [2.24, 2.45) is 5.10 Å². The van der Waals surface area contributed by atoms with Crippen molar-refractivity contribution in [2.75, 3.05) is 13.6 Å². The molecule has 0 N–H and O–H groups in total. The number of thiophene rings is 1. The van der Waals surface area contributed by atoms with Crippen molar-refractivity contribution in [3.8, 4) is 0 Å². The second kappa shape index (κ2) is 9.33. The largest absolute Gasteiger partial charge is 0.271 e. The predicted molar refractivity (Wildman–Crippen MR) is 138 cm³/mol. The number of rotatable bonds is 6. The lowest BCUT2D eigenvalue weighted by atomic mass is 10.00. The van der Waals surface area contributed by atoms with Gasteiger partial charge in [-0.05, 0) is 36.1 Å². The van der Waals surface area contributed by atoms with Crippen molar-refractivity contribution in [2.45, 2.75) is 24.3 Å². The van der Waals surface area contributed by atoms with E-state index in [-0.39, 0.29) is 23.4 Å². The molecule has 0 spiro atoms. The van der Waals surface area contributed by atoms with Crippen molar-refractivity contribution in [1.29, 1.82) is 0 Å². The maximum absolute atomic E-state index is 13.5. The molecular weight excluding hydrogens is 480 g/mol. The van der Waals surface area contributed by atoms with E-state index in [4.69, 9.17) is 0 Å². The van der Waals surface area contributed by atoms with Crippen LogP contribution in [0.5, 0.6) is 0 Å². The second-order valence-electron chi connectivity index (χ2n) is 8.51. The van der Waals surface area contributed by atoms with E-state index in [1.54, 1.807) is 41.9 Å². The minimum Gasteiger partial charge on any atom is -0.271 e. The Balaban J connectivity index is 1.44. The first-order valence-electron chi connectivity index (χ1n) is 11.1. The second-order valence-corrected chi connectivity index (χ2v) is 11.5. The van der Waals surface area contributed by atoms with Gasteiger partial charge < -0.3 is 0 Å². The van der Waals surface area contributed by atoms with E-state index in [0.29, 0.717) is 11.8 Å². The number of carbonyl (C=O) groups excluding carboxylic acids is 1. The molecule has 0 aliphatic carbocycles. The summed E-state index contributed by atoms with van der Waals surface area (Å²) in [5.74, 6) is -0.380. The summed E-state index contributed by atoms with van der Waals surface area (Å²) in [7, 11) is -2.50. The van der Waals surface area contributed by atoms with Gasteiger partial charge in [-0.15, -0.1) is 11.3 Å². The fraction of sp³-hybridized carbons (Fsp3) is 0.192. The zero-order chi connectivity index (χ0) is 24.6. The van der Waals surface area contributed by atoms with Gasteiger partial charge in [0, 0.05) is 36.6 Å². The van der Waals surface area contributed by atoms with Crippen molar-refractivity contribution >= 4 is 43.8 Å². The quantitative estimate of drug-likeness (QED) is 0.384. The highest BCUT2D eigenvalue weighted by molar-refractivity contribution is 7.89. The lowest BCUT2D eigenvalue weighted by molar-refractivity contribution is -0.133. The summed E-state index contributed by atoms with van der Waals surface area (Å²) in [4.78, 5) is 18.7. The number of fused-ring (bicyclic) bond motifs is 1. The molecule has 0 saturated heterocycles. The third-order valence-corrected chi connectivity index (χ3v) is 8.90. The SMILES string of the molecule is Cc1ccc(C2CC(c3cccs3)=NN2C(=O)CN(C)S(=O)(=O)c2cccc3cnccc23)cc1. The predicted octanol–water partition coefficient (Wildman–Crippen LogP) is 4.60. The molecule has 1 atom stereocenters. The number of aryl methyl sites for hydroxylation is 1. The average Bonchev–Trinajstić information content (AvgIpc) is 3.54. The van der Waals surface area contributed by atoms with Gasteiger partial charge in [-0.2, -0.15) is 9.41 Å². The van der Waals surface area contributed by atoms with Crippen LogP contribution in [0.3, 0.4) is 0 Å². The van der Waals surface area contributed by atoms with E-state index in [9.17, 15) is 13.2 Å². The van der Waals surface area contributed by atoms with Gasteiger partial charge in [0.1, 0.15) is 0 Å². The molecule has 0 bridgehead atoms. The topological polar surface area (TPSA) is 82.9 Å². The minimum absolute atomic E-state index is 0.145. The summed E-state index contributed by atoms with van der Waals surface area (Å²) in [6, 6.07) is 18.4. The zero-order valence-corrected chi connectivity index (χ0v) is 21.0. The van der Waals surface area contributed by atoms with Crippen molar-refractivity contribution in [3.63, 3.8) is 0 Å². The molecule has 5 rings (SSSR count). The molecule has 9 heteroatoms. The Kier molecular flexibility index (Phi) is 6.22. The molecule has 0 saturated carbocycles. The molecule has 4 aromatic rings. The van der Waals surface area contributed by atoms with Crippen LogP contribution >= 0.6 is 11.3 Å². The number of aromatic nitrogens is 1. The van der Waals surface area contributed by atoms with Gasteiger partial charge >= 0.3 is 0 Å². The number of hydrogen-bond acceptors (Lipinski definition) is 6. The van der Waals surface area contributed by atoms with Crippen LogP contribution in [0.2, 0.25) is 0 Å². The third kappa shape index (κ3) is 4.50. The van der Waals surface area contributed by atoms with E-state index < -0.39 is 10.0 Å². The van der Waals surface area contributed by atoms with Gasteiger partial charge in [-0.3, -0.25) is 9.78 Å². The summed E-state index contributed by atoms with van der Waals surface area (Å²) in [6.45, 7) is 1.69. The maximum Gasteiger partial charge on any atom is 0.258 e. The molecule has 0 fully saturated rings. The summed E-state index contributed by atoms with van der Waals surface area (Å²) >= 11 is 1.57. The Labute approximate surface area is 208 Å².